The lowest BCUT2D eigenvalue weighted by Crippen LogP contribution is -2.59. The minimum absolute atomic E-state index is 0.0904. The molecule has 3 aliphatic heterocycles. The standard InChI is InChI=1S/C40H65NO11/c1-16-18-46-32-26(10)33(50-38-30(42)28(41(14)15)19-24(8)47-38)39(12)20-23(7)31(51-39)25(9)34(49-35(43)21(3)4)40(13,52-36(44)22(5)6)29(17-2)48-37(45)27(32)11/h1,21-22,24-30,32-34,38,42H,17-20H2,2-15H3/t24-,25+,26+,27-,28+,29-,30-,32+,33-,34-,38+,39-,40-/m1/s1. The van der Waals surface area contributed by atoms with Crippen LogP contribution in [0.5, 0.6) is 0 Å². The van der Waals surface area contributed by atoms with Gasteiger partial charge in [-0.2, -0.15) is 0 Å². The van der Waals surface area contributed by atoms with Gasteiger partial charge in [0.25, 0.3) is 0 Å². The first-order valence-corrected chi connectivity index (χ1v) is 18.9. The number of ether oxygens (including phenoxy) is 7. The number of hydrogen-bond acceptors (Lipinski definition) is 12. The van der Waals surface area contributed by atoms with Crippen molar-refractivity contribution >= 4 is 17.9 Å². The quantitative estimate of drug-likeness (QED) is 0.183. The summed E-state index contributed by atoms with van der Waals surface area (Å²) in [7, 11) is 3.81. The number of carbonyl (C=O) groups excluding carboxylic acids is 3. The molecule has 0 aromatic carbocycles. The Balaban J connectivity index is 2.29. The fourth-order valence-corrected chi connectivity index (χ4v) is 8.06. The van der Waals surface area contributed by atoms with Gasteiger partial charge >= 0.3 is 17.9 Å². The van der Waals surface area contributed by atoms with E-state index in [1.807, 2.05) is 60.5 Å². The molecule has 52 heavy (non-hydrogen) atoms. The van der Waals surface area contributed by atoms with E-state index >= 15 is 0 Å². The van der Waals surface area contributed by atoms with Crippen LogP contribution >= 0.6 is 0 Å². The minimum Gasteiger partial charge on any atom is -0.488 e. The molecule has 2 bridgehead atoms. The molecule has 0 aromatic heterocycles. The predicted octanol–water partition coefficient (Wildman–Crippen LogP) is 5.04. The van der Waals surface area contributed by atoms with E-state index in [0.29, 0.717) is 18.6 Å². The van der Waals surface area contributed by atoms with E-state index in [4.69, 9.17) is 39.6 Å². The van der Waals surface area contributed by atoms with Gasteiger partial charge in [0.2, 0.25) is 0 Å². The van der Waals surface area contributed by atoms with Crippen molar-refractivity contribution in [1.29, 1.82) is 0 Å². The summed E-state index contributed by atoms with van der Waals surface area (Å²) in [5.41, 5.74) is -1.84. The Bertz CT molecular complexity index is 1340. The van der Waals surface area contributed by atoms with E-state index in [1.165, 1.54) is 0 Å². The van der Waals surface area contributed by atoms with Crippen molar-refractivity contribution in [2.45, 2.75) is 163 Å². The van der Waals surface area contributed by atoms with Crippen LogP contribution in [-0.2, 0) is 47.5 Å². The third-order valence-corrected chi connectivity index (χ3v) is 11.0. The van der Waals surface area contributed by atoms with Crippen LogP contribution in [-0.4, -0.2) is 109 Å². The van der Waals surface area contributed by atoms with Gasteiger partial charge in [0.05, 0.1) is 35.9 Å². The molecule has 3 rings (SSSR count). The maximum absolute atomic E-state index is 14.3. The van der Waals surface area contributed by atoms with Gasteiger partial charge in [-0.1, -0.05) is 54.4 Å². The molecule has 0 aliphatic carbocycles. The van der Waals surface area contributed by atoms with Crippen LogP contribution in [0.2, 0.25) is 0 Å². The van der Waals surface area contributed by atoms with E-state index < -0.39 is 95.5 Å². The van der Waals surface area contributed by atoms with Crippen molar-refractivity contribution in [3.05, 3.63) is 11.3 Å². The van der Waals surface area contributed by atoms with Gasteiger partial charge in [0.15, 0.2) is 18.0 Å². The number of nitrogens with zero attached hydrogens (tertiary/aromatic N) is 1. The molecule has 0 spiro atoms. The van der Waals surface area contributed by atoms with Crippen LogP contribution in [0, 0.1) is 41.9 Å². The molecule has 0 aromatic rings. The van der Waals surface area contributed by atoms with E-state index in [-0.39, 0.29) is 25.2 Å². The van der Waals surface area contributed by atoms with Crippen molar-refractivity contribution in [1.82, 2.24) is 4.90 Å². The molecule has 0 unspecified atom stereocenters. The highest BCUT2D eigenvalue weighted by atomic mass is 16.7. The minimum atomic E-state index is -1.63. The lowest BCUT2D eigenvalue weighted by atomic mass is 9.78. The fourth-order valence-electron chi connectivity index (χ4n) is 8.06. The SMILES string of the molecule is C#CCO[C@H]1[C@H](C)[C@@H](O[C@@H]2O[C@H](C)C[C@H](N(C)C)[C@H]2O)[C@@]2(C)CC(C)=C(O2)[C@H](C)[C@@H](OC(=O)C(C)C)[C@](C)(OC(=O)C(C)C)[C@@H](CC)OC(=O)[C@@H]1C. The molecule has 0 saturated carbocycles. The molecular weight excluding hydrogens is 670 g/mol. The first kappa shape index (κ1) is 43.7. The molecule has 0 amide bonds. The summed E-state index contributed by atoms with van der Waals surface area (Å²) in [6, 6.07) is -0.234. The molecular formula is C40H65NO11. The Labute approximate surface area is 311 Å². The number of fused-ring (bicyclic) bond motifs is 2. The predicted molar refractivity (Wildman–Crippen MR) is 194 cm³/mol. The van der Waals surface area contributed by atoms with Crippen molar-refractivity contribution in [2.75, 3.05) is 20.7 Å². The molecule has 1 N–H and O–H groups in total. The average molecular weight is 736 g/mol. The van der Waals surface area contributed by atoms with Crippen LogP contribution < -0.4 is 0 Å². The first-order valence-electron chi connectivity index (χ1n) is 18.9. The van der Waals surface area contributed by atoms with Gasteiger partial charge in [-0.3, -0.25) is 14.4 Å². The Hall–Kier alpha value is -2.69. The van der Waals surface area contributed by atoms with E-state index in [2.05, 4.69) is 5.92 Å². The molecule has 0 radical (unpaired) electrons. The highest BCUT2D eigenvalue weighted by molar-refractivity contribution is 5.74. The van der Waals surface area contributed by atoms with Crippen LogP contribution in [0.4, 0.5) is 0 Å². The smallest absolute Gasteiger partial charge is 0.311 e. The number of terminal acetylenes is 1. The lowest BCUT2D eigenvalue weighted by molar-refractivity contribution is -0.298. The Morgan fingerprint density at radius 2 is 1.65 bits per heavy atom. The summed E-state index contributed by atoms with van der Waals surface area (Å²) in [6.45, 7) is 21.5. The molecule has 296 valence electrons. The van der Waals surface area contributed by atoms with Crippen LogP contribution in [0.1, 0.15) is 102 Å². The summed E-state index contributed by atoms with van der Waals surface area (Å²) >= 11 is 0. The van der Waals surface area contributed by atoms with Gasteiger partial charge in [-0.15, -0.1) is 6.42 Å². The van der Waals surface area contributed by atoms with Gasteiger partial charge < -0.3 is 43.2 Å². The molecule has 12 heteroatoms. The molecule has 2 saturated heterocycles. The molecule has 2 fully saturated rings. The van der Waals surface area contributed by atoms with E-state index in [0.717, 1.165) is 5.57 Å². The number of likely N-dealkylation sites (N-methyl/N-ethyl adjacent to an activating group) is 1. The maximum atomic E-state index is 14.3. The summed E-state index contributed by atoms with van der Waals surface area (Å²) in [4.78, 5) is 43.1. The number of esters is 3. The molecule has 3 aliphatic rings. The number of aliphatic hydroxyl groups excluding tert-OH is 1. The van der Waals surface area contributed by atoms with Gasteiger partial charge in [-0.05, 0) is 67.1 Å². The summed E-state index contributed by atoms with van der Waals surface area (Å²) in [5.74, 6) is -1.76. The third kappa shape index (κ3) is 9.33. The fraction of sp³-hybridized carbons (Fsp3) is 0.825. The highest BCUT2D eigenvalue weighted by Gasteiger charge is 2.58. The Morgan fingerprint density at radius 3 is 2.19 bits per heavy atom. The second kappa shape index (κ2) is 17.6. The number of carbonyl (C=O) groups is 3. The number of hydrogen-bond donors (Lipinski definition) is 1. The van der Waals surface area contributed by atoms with Crippen molar-refractivity contribution < 1.29 is 52.6 Å². The van der Waals surface area contributed by atoms with Crippen molar-refractivity contribution in [3.8, 4) is 12.3 Å². The zero-order valence-corrected chi connectivity index (χ0v) is 33.9. The van der Waals surface area contributed by atoms with Crippen LogP contribution in [0.15, 0.2) is 11.3 Å². The Morgan fingerprint density at radius 1 is 1.04 bits per heavy atom. The number of cyclic esters (lactones) is 1. The molecule has 12 nitrogen and oxygen atoms in total. The van der Waals surface area contributed by atoms with Gasteiger partial charge in [0.1, 0.15) is 36.3 Å². The highest BCUT2D eigenvalue weighted by Crippen LogP contribution is 2.48. The molecule has 3 heterocycles. The number of aliphatic hydroxyl groups is 1. The van der Waals surface area contributed by atoms with Crippen molar-refractivity contribution in [3.63, 3.8) is 0 Å². The van der Waals surface area contributed by atoms with E-state index in [1.54, 1.807) is 41.5 Å². The summed E-state index contributed by atoms with van der Waals surface area (Å²) < 4.78 is 45.2. The monoisotopic (exact) mass is 735 g/mol. The summed E-state index contributed by atoms with van der Waals surface area (Å²) in [5, 5.41) is 11.6. The molecule has 13 atom stereocenters. The second-order valence-electron chi connectivity index (χ2n) is 16.4. The maximum Gasteiger partial charge on any atom is 0.311 e. The van der Waals surface area contributed by atoms with Gasteiger partial charge in [-0.25, -0.2) is 0 Å². The second-order valence-corrected chi connectivity index (χ2v) is 16.4. The summed E-state index contributed by atoms with van der Waals surface area (Å²) in [6.07, 6.45) is 0.862. The zero-order chi connectivity index (χ0) is 39.5. The normalized spacial score (nSPS) is 38.9. The zero-order valence-electron chi connectivity index (χ0n) is 33.9. The topological polar surface area (TPSA) is 139 Å². The third-order valence-electron chi connectivity index (χ3n) is 11.0. The largest absolute Gasteiger partial charge is 0.488 e. The van der Waals surface area contributed by atoms with Crippen LogP contribution in [0.3, 0.4) is 0 Å². The van der Waals surface area contributed by atoms with E-state index in [9.17, 15) is 19.5 Å². The number of rotatable bonds is 10. The first-order chi connectivity index (χ1) is 24.1. The van der Waals surface area contributed by atoms with Gasteiger partial charge in [0, 0.05) is 18.4 Å². The Kier molecular flexibility index (Phi) is 14.8. The lowest BCUT2D eigenvalue weighted by Gasteiger charge is -2.47. The van der Waals surface area contributed by atoms with Crippen molar-refractivity contribution in [2.24, 2.45) is 29.6 Å². The average Bonchev–Trinajstić information content (AvgIpc) is 3.38. The van der Waals surface area contributed by atoms with Crippen LogP contribution in [0.25, 0.3) is 0 Å².